The Morgan fingerprint density at radius 1 is 1.21 bits per heavy atom. The highest BCUT2D eigenvalue weighted by Gasteiger charge is 2.16. The Bertz CT molecular complexity index is 1280. The number of rotatable bonds is 4. The Morgan fingerprint density at radius 3 is 2.75 bits per heavy atom. The maximum atomic E-state index is 13.1. The second-order valence-electron chi connectivity index (χ2n) is 5.70. The Balaban J connectivity index is 1.84. The van der Waals surface area contributed by atoms with Crippen molar-refractivity contribution < 1.29 is 4.74 Å². The summed E-state index contributed by atoms with van der Waals surface area (Å²) in [5, 5.41) is 9.45. The molecule has 2 N–H and O–H groups in total. The molecule has 0 saturated carbocycles. The highest BCUT2D eigenvalue weighted by Crippen LogP contribution is 2.20. The molecule has 0 aliphatic heterocycles. The fourth-order valence-electron chi connectivity index (χ4n) is 2.77. The van der Waals surface area contributed by atoms with E-state index in [-0.39, 0.29) is 29.0 Å². The van der Waals surface area contributed by atoms with Gasteiger partial charge >= 0.3 is 5.69 Å². The average Bonchev–Trinajstić information content (AvgIpc) is 3.08. The topological polar surface area (TPSA) is 124 Å². The van der Waals surface area contributed by atoms with E-state index in [1.165, 1.54) is 21.5 Å². The molecule has 0 atom stereocenters. The summed E-state index contributed by atoms with van der Waals surface area (Å²) in [4.78, 5) is 24.9. The number of benzene rings is 1. The fourth-order valence-corrected chi connectivity index (χ4v) is 2.98. The van der Waals surface area contributed by atoms with Crippen LogP contribution < -0.4 is 16.2 Å². The van der Waals surface area contributed by atoms with Crippen molar-refractivity contribution in [1.82, 2.24) is 23.9 Å². The van der Waals surface area contributed by atoms with Crippen molar-refractivity contribution in [2.75, 3.05) is 5.73 Å². The summed E-state index contributed by atoms with van der Waals surface area (Å²) in [6.45, 7) is -0.0593. The van der Waals surface area contributed by atoms with Crippen LogP contribution in [0, 0.1) is 11.3 Å². The number of hydrogen-bond acceptors (Lipinski definition) is 7. The zero-order valence-electron chi connectivity index (χ0n) is 14.3. The molecule has 0 radical (unpaired) electrons. The van der Waals surface area contributed by atoms with E-state index in [1.807, 2.05) is 24.3 Å². The van der Waals surface area contributed by atoms with Crippen LogP contribution >= 0.6 is 11.6 Å². The van der Waals surface area contributed by atoms with Gasteiger partial charge in [0.15, 0.2) is 5.56 Å². The van der Waals surface area contributed by atoms with Gasteiger partial charge in [-0.25, -0.2) is 24.1 Å². The summed E-state index contributed by atoms with van der Waals surface area (Å²) < 4.78 is 8.43. The fraction of sp³-hybridized carbons (Fsp3) is 0.0556. The molecule has 0 aliphatic carbocycles. The van der Waals surface area contributed by atoms with Gasteiger partial charge in [-0.2, -0.15) is 5.26 Å². The number of nitriles is 1. The number of halogens is 1. The molecule has 3 aromatic heterocycles. The first-order chi connectivity index (χ1) is 13.6. The van der Waals surface area contributed by atoms with Crippen LogP contribution in [0.3, 0.4) is 0 Å². The molecule has 0 saturated heterocycles. The first kappa shape index (κ1) is 17.5. The minimum atomic E-state index is -0.396. The van der Waals surface area contributed by atoms with E-state index in [1.54, 1.807) is 18.2 Å². The molecule has 0 unspecified atom stereocenters. The minimum absolute atomic E-state index is 0.0171. The first-order valence-corrected chi connectivity index (χ1v) is 8.44. The quantitative estimate of drug-likeness (QED) is 0.561. The van der Waals surface area contributed by atoms with Crippen molar-refractivity contribution in [1.29, 1.82) is 5.26 Å². The number of nitrogens with zero attached hydrogens (tertiary/aromatic N) is 6. The molecule has 0 aliphatic rings. The number of fused-ring (bicyclic) bond motifs is 1. The number of ether oxygens (including phenoxy) is 1. The van der Waals surface area contributed by atoms with Crippen molar-refractivity contribution in [3.8, 4) is 17.6 Å². The molecular weight excluding hydrogens is 382 g/mol. The van der Waals surface area contributed by atoms with Crippen LogP contribution in [0.4, 0.5) is 5.82 Å². The van der Waals surface area contributed by atoms with Crippen LogP contribution in [0.1, 0.15) is 11.3 Å². The number of para-hydroxylation sites is 1. The van der Waals surface area contributed by atoms with Gasteiger partial charge in [0.1, 0.15) is 35.6 Å². The molecule has 28 heavy (non-hydrogen) atoms. The van der Waals surface area contributed by atoms with Gasteiger partial charge in [0.05, 0.1) is 17.6 Å². The lowest BCUT2D eigenvalue weighted by atomic mass is 10.3. The van der Waals surface area contributed by atoms with Gasteiger partial charge in [-0.05, 0) is 12.1 Å². The molecule has 0 fully saturated rings. The third kappa shape index (κ3) is 2.91. The SMILES string of the molecule is N#Cc1c(N)ncnc1OCc1cc2ncc(Cl)n2c(=O)n1-c1ccccc1. The lowest BCUT2D eigenvalue weighted by Crippen LogP contribution is -2.28. The zero-order chi connectivity index (χ0) is 19.7. The molecule has 4 aromatic rings. The zero-order valence-corrected chi connectivity index (χ0v) is 15.0. The van der Waals surface area contributed by atoms with Gasteiger partial charge in [-0.15, -0.1) is 0 Å². The van der Waals surface area contributed by atoms with E-state index in [2.05, 4.69) is 15.0 Å². The standard InChI is InChI=1S/C18H12ClN7O2/c19-14-8-22-15-6-12(9-28-17-13(7-20)16(21)23-10-24-17)25(18(27)26(14)15)11-4-2-1-3-5-11/h1-6,8,10H,9H2,(H2,21,23,24). The Hall–Kier alpha value is -3.90. The van der Waals surface area contributed by atoms with Crippen LogP contribution in [0.5, 0.6) is 5.88 Å². The monoisotopic (exact) mass is 393 g/mol. The molecule has 138 valence electrons. The van der Waals surface area contributed by atoms with Crippen molar-refractivity contribution in [2.45, 2.75) is 6.61 Å². The van der Waals surface area contributed by atoms with Gasteiger partial charge in [-0.1, -0.05) is 29.8 Å². The normalized spacial score (nSPS) is 10.7. The van der Waals surface area contributed by atoms with E-state index in [4.69, 9.17) is 22.1 Å². The Morgan fingerprint density at radius 2 is 2.00 bits per heavy atom. The lowest BCUT2D eigenvalue weighted by molar-refractivity contribution is 0.284. The minimum Gasteiger partial charge on any atom is -0.470 e. The lowest BCUT2D eigenvalue weighted by Gasteiger charge is -2.15. The smallest absolute Gasteiger partial charge is 0.340 e. The predicted molar refractivity (Wildman–Crippen MR) is 101 cm³/mol. The highest BCUT2D eigenvalue weighted by molar-refractivity contribution is 6.29. The molecule has 0 spiro atoms. The summed E-state index contributed by atoms with van der Waals surface area (Å²) in [5.74, 6) is 0.0479. The van der Waals surface area contributed by atoms with Gasteiger partial charge in [0, 0.05) is 6.07 Å². The Labute approximate surface area is 163 Å². The van der Waals surface area contributed by atoms with Crippen molar-refractivity contribution in [3.63, 3.8) is 0 Å². The van der Waals surface area contributed by atoms with Gasteiger partial charge in [-0.3, -0.25) is 4.57 Å². The van der Waals surface area contributed by atoms with Crippen LogP contribution in [-0.4, -0.2) is 23.9 Å². The van der Waals surface area contributed by atoms with Crippen LogP contribution in [0.2, 0.25) is 5.15 Å². The van der Waals surface area contributed by atoms with Crippen LogP contribution in [-0.2, 0) is 6.61 Å². The molecule has 3 heterocycles. The molecule has 1 aromatic carbocycles. The van der Waals surface area contributed by atoms with Crippen LogP contribution in [0.15, 0.2) is 53.7 Å². The number of aromatic nitrogens is 5. The largest absolute Gasteiger partial charge is 0.470 e. The van der Waals surface area contributed by atoms with Crippen molar-refractivity contribution in [2.24, 2.45) is 0 Å². The summed E-state index contributed by atoms with van der Waals surface area (Å²) in [6.07, 6.45) is 2.60. The number of nitrogens with two attached hydrogens (primary N) is 1. The second kappa shape index (κ2) is 7.02. The van der Waals surface area contributed by atoms with E-state index in [9.17, 15) is 10.1 Å². The third-order valence-corrected chi connectivity index (χ3v) is 4.30. The third-order valence-electron chi connectivity index (χ3n) is 4.04. The molecular formula is C18H12ClN7O2. The Kier molecular flexibility index (Phi) is 4.39. The molecule has 9 nitrogen and oxygen atoms in total. The van der Waals surface area contributed by atoms with E-state index < -0.39 is 5.69 Å². The van der Waals surface area contributed by atoms with Gasteiger partial charge in [0.2, 0.25) is 5.88 Å². The highest BCUT2D eigenvalue weighted by atomic mass is 35.5. The second-order valence-corrected chi connectivity index (χ2v) is 6.09. The van der Waals surface area contributed by atoms with Crippen molar-refractivity contribution in [3.05, 3.63) is 75.8 Å². The van der Waals surface area contributed by atoms with E-state index >= 15 is 0 Å². The maximum absolute atomic E-state index is 13.1. The summed E-state index contributed by atoms with van der Waals surface area (Å²) in [6, 6.07) is 12.6. The molecule has 10 heteroatoms. The number of anilines is 1. The number of nitrogen functional groups attached to an aromatic ring is 1. The number of hydrogen-bond donors (Lipinski definition) is 1. The van der Waals surface area contributed by atoms with E-state index in [0.717, 1.165) is 0 Å². The van der Waals surface area contributed by atoms with Crippen LogP contribution in [0.25, 0.3) is 11.3 Å². The summed E-state index contributed by atoms with van der Waals surface area (Å²) in [5.41, 5.74) is 6.82. The van der Waals surface area contributed by atoms with Crippen molar-refractivity contribution >= 4 is 23.1 Å². The summed E-state index contributed by atoms with van der Waals surface area (Å²) in [7, 11) is 0. The number of imidazole rings is 1. The average molecular weight is 394 g/mol. The predicted octanol–water partition coefficient (Wildman–Crippen LogP) is 1.96. The van der Waals surface area contributed by atoms with Gasteiger partial charge < -0.3 is 10.5 Å². The first-order valence-electron chi connectivity index (χ1n) is 8.07. The maximum Gasteiger partial charge on any atom is 0.340 e. The molecule has 4 rings (SSSR count). The van der Waals surface area contributed by atoms with Gasteiger partial charge in [0.25, 0.3) is 0 Å². The molecule has 0 amide bonds. The summed E-state index contributed by atoms with van der Waals surface area (Å²) >= 11 is 6.11. The molecule has 0 bridgehead atoms. The van der Waals surface area contributed by atoms with E-state index in [0.29, 0.717) is 17.0 Å².